The van der Waals surface area contributed by atoms with Crippen molar-refractivity contribution in [3.63, 3.8) is 0 Å². The molecule has 0 radical (unpaired) electrons. The van der Waals surface area contributed by atoms with Crippen molar-refractivity contribution in [2.45, 2.75) is 5.41 Å². The van der Waals surface area contributed by atoms with Crippen LogP contribution < -0.4 is 4.90 Å². The molecule has 1 aromatic heterocycles. The van der Waals surface area contributed by atoms with Crippen molar-refractivity contribution in [3.8, 4) is 44.5 Å². The third-order valence-electron chi connectivity index (χ3n) is 14.0. The second kappa shape index (κ2) is 16.0. The Balaban J connectivity index is 1.17. The van der Waals surface area contributed by atoms with Crippen LogP contribution in [0.3, 0.4) is 0 Å². The van der Waals surface area contributed by atoms with Gasteiger partial charge in [-0.3, -0.25) is 0 Å². The van der Waals surface area contributed by atoms with Crippen LogP contribution in [0.5, 0.6) is 0 Å². The van der Waals surface area contributed by atoms with Crippen molar-refractivity contribution in [2.75, 3.05) is 4.90 Å². The minimum Gasteiger partial charge on any atom is -0.309 e. The van der Waals surface area contributed by atoms with E-state index < -0.39 is 5.41 Å². The molecule has 67 heavy (non-hydrogen) atoms. The highest BCUT2D eigenvalue weighted by Gasteiger charge is 2.47. The zero-order valence-corrected chi connectivity index (χ0v) is 37.5. The predicted molar refractivity (Wildman–Crippen MR) is 285 cm³/mol. The fourth-order valence-electron chi connectivity index (χ4n) is 11.1. The standard InChI is InChI=1S/C65H43NS/c1-4-21-45(22-5-1)51-42-41-46(50-33-18-24-44-23-10-11-29-49(44)50)43-61(51)66(59-38-16-13-30-52(59)54-34-19-35-55-53-31-14-17-40-62(53)67-64(54)55)60-39-20-37-58-63(60)56-32-12-15-36-57(56)65(58,47-25-6-2-7-26-47)48-27-8-3-9-28-48/h1-43H. The van der Waals surface area contributed by atoms with Gasteiger partial charge in [0.05, 0.1) is 22.5 Å². The van der Waals surface area contributed by atoms with E-state index in [0.29, 0.717) is 0 Å². The van der Waals surface area contributed by atoms with Crippen molar-refractivity contribution >= 4 is 59.3 Å². The Morgan fingerprint density at radius 1 is 0.313 bits per heavy atom. The lowest BCUT2D eigenvalue weighted by Crippen LogP contribution is -2.28. The summed E-state index contributed by atoms with van der Waals surface area (Å²) < 4.78 is 2.59. The molecule has 1 nitrogen and oxygen atoms in total. The zero-order chi connectivity index (χ0) is 44.3. The Kier molecular flexibility index (Phi) is 9.33. The average Bonchev–Trinajstić information content (AvgIpc) is 3.94. The van der Waals surface area contributed by atoms with Crippen LogP contribution in [0.15, 0.2) is 261 Å². The summed E-state index contributed by atoms with van der Waals surface area (Å²) in [4.78, 5) is 2.60. The number of fused-ring (bicyclic) bond motifs is 7. The first-order chi connectivity index (χ1) is 33.3. The van der Waals surface area contributed by atoms with Gasteiger partial charge in [-0.25, -0.2) is 0 Å². The molecule has 11 aromatic carbocycles. The molecule has 2 heteroatoms. The van der Waals surface area contributed by atoms with Gasteiger partial charge in [0.15, 0.2) is 0 Å². The summed E-state index contributed by atoms with van der Waals surface area (Å²) in [5, 5.41) is 5.04. The molecule has 0 N–H and O–H groups in total. The minimum atomic E-state index is -0.564. The number of anilines is 3. The number of nitrogens with zero attached hydrogens (tertiary/aromatic N) is 1. The highest BCUT2D eigenvalue weighted by Crippen LogP contribution is 2.60. The molecule has 0 amide bonds. The van der Waals surface area contributed by atoms with Crippen LogP contribution in [0.25, 0.3) is 75.5 Å². The monoisotopic (exact) mass is 869 g/mol. The third kappa shape index (κ3) is 6.14. The summed E-state index contributed by atoms with van der Waals surface area (Å²) in [5.74, 6) is 0. The van der Waals surface area contributed by atoms with Gasteiger partial charge in [0.25, 0.3) is 0 Å². The molecular formula is C65H43NS. The van der Waals surface area contributed by atoms with Crippen LogP contribution in [-0.4, -0.2) is 0 Å². The third-order valence-corrected chi connectivity index (χ3v) is 15.2. The van der Waals surface area contributed by atoms with Gasteiger partial charge in [-0.2, -0.15) is 0 Å². The molecule has 0 atom stereocenters. The molecule has 1 aliphatic rings. The molecule has 314 valence electrons. The van der Waals surface area contributed by atoms with Gasteiger partial charge in [-0.05, 0) is 79.5 Å². The van der Waals surface area contributed by atoms with Crippen molar-refractivity contribution in [1.82, 2.24) is 0 Å². The quantitative estimate of drug-likeness (QED) is 0.147. The smallest absolute Gasteiger partial charge is 0.0714 e. The van der Waals surface area contributed by atoms with Crippen LogP contribution in [0.1, 0.15) is 22.3 Å². The summed E-state index contributed by atoms with van der Waals surface area (Å²) in [6.07, 6.45) is 0. The fourth-order valence-corrected chi connectivity index (χ4v) is 12.4. The summed E-state index contributed by atoms with van der Waals surface area (Å²) >= 11 is 1.88. The molecular weight excluding hydrogens is 827 g/mol. The van der Waals surface area contributed by atoms with Gasteiger partial charge in [0.1, 0.15) is 0 Å². The first kappa shape index (κ1) is 39.1. The number of hydrogen-bond donors (Lipinski definition) is 0. The van der Waals surface area contributed by atoms with Gasteiger partial charge >= 0.3 is 0 Å². The van der Waals surface area contributed by atoms with E-state index in [9.17, 15) is 0 Å². The molecule has 0 spiro atoms. The van der Waals surface area contributed by atoms with E-state index in [-0.39, 0.29) is 0 Å². The first-order valence-electron chi connectivity index (χ1n) is 23.1. The Morgan fingerprint density at radius 2 is 0.866 bits per heavy atom. The average molecular weight is 870 g/mol. The minimum absolute atomic E-state index is 0.564. The second-order valence-electron chi connectivity index (χ2n) is 17.5. The van der Waals surface area contributed by atoms with Crippen LogP contribution in [0, 0.1) is 0 Å². The molecule has 0 saturated heterocycles. The lowest BCUT2D eigenvalue weighted by atomic mass is 9.68. The molecule has 0 unspecified atom stereocenters. The Labute approximate surface area is 395 Å². The first-order valence-corrected chi connectivity index (χ1v) is 23.9. The van der Waals surface area contributed by atoms with E-state index in [1.807, 2.05) is 11.3 Å². The summed E-state index contributed by atoms with van der Waals surface area (Å²) in [5.41, 5.74) is 17.4. The highest BCUT2D eigenvalue weighted by molar-refractivity contribution is 7.26. The largest absolute Gasteiger partial charge is 0.309 e. The fraction of sp³-hybridized carbons (Fsp3) is 0.0154. The molecule has 0 fully saturated rings. The normalized spacial score (nSPS) is 12.6. The Bertz CT molecular complexity index is 3770. The van der Waals surface area contributed by atoms with Crippen molar-refractivity contribution in [3.05, 3.63) is 283 Å². The SMILES string of the molecule is c1ccc(-c2ccc(-c3cccc4ccccc34)cc2N(c2ccccc2-c2cccc3c2sc2ccccc23)c2cccc3c2-c2ccccc2C3(c2ccccc2)c2ccccc2)cc1. The van der Waals surface area contributed by atoms with Crippen LogP contribution in [0.2, 0.25) is 0 Å². The highest BCUT2D eigenvalue weighted by atomic mass is 32.1. The Hall–Kier alpha value is -8.30. The maximum Gasteiger partial charge on any atom is 0.0714 e. The lowest BCUT2D eigenvalue weighted by molar-refractivity contribution is 0.768. The number of hydrogen-bond acceptors (Lipinski definition) is 2. The number of para-hydroxylation sites is 1. The number of thiophene rings is 1. The van der Waals surface area contributed by atoms with E-state index in [1.54, 1.807) is 0 Å². The van der Waals surface area contributed by atoms with E-state index in [1.165, 1.54) is 81.0 Å². The van der Waals surface area contributed by atoms with E-state index in [2.05, 4.69) is 266 Å². The van der Waals surface area contributed by atoms with Gasteiger partial charge in [0.2, 0.25) is 0 Å². The van der Waals surface area contributed by atoms with Crippen molar-refractivity contribution in [2.24, 2.45) is 0 Å². The lowest BCUT2D eigenvalue weighted by Gasteiger charge is -2.35. The van der Waals surface area contributed by atoms with E-state index in [4.69, 9.17) is 0 Å². The van der Waals surface area contributed by atoms with Crippen molar-refractivity contribution in [1.29, 1.82) is 0 Å². The van der Waals surface area contributed by atoms with Crippen LogP contribution in [0.4, 0.5) is 17.1 Å². The molecule has 0 saturated carbocycles. The molecule has 12 aromatic rings. The van der Waals surface area contributed by atoms with Crippen LogP contribution in [-0.2, 0) is 5.41 Å². The Morgan fingerprint density at radius 3 is 1.67 bits per heavy atom. The molecule has 0 bridgehead atoms. The summed E-state index contributed by atoms with van der Waals surface area (Å²) in [6.45, 7) is 0. The van der Waals surface area contributed by atoms with E-state index >= 15 is 0 Å². The van der Waals surface area contributed by atoms with Gasteiger partial charge in [0, 0.05) is 42.4 Å². The van der Waals surface area contributed by atoms with Gasteiger partial charge < -0.3 is 4.90 Å². The number of benzene rings is 11. The molecule has 1 aliphatic carbocycles. The van der Waals surface area contributed by atoms with Crippen LogP contribution >= 0.6 is 11.3 Å². The topological polar surface area (TPSA) is 3.24 Å². The molecule has 0 aliphatic heterocycles. The maximum absolute atomic E-state index is 2.60. The van der Waals surface area contributed by atoms with Gasteiger partial charge in [-0.1, -0.05) is 237 Å². The predicted octanol–water partition coefficient (Wildman–Crippen LogP) is 18.0. The molecule has 1 heterocycles. The van der Waals surface area contributed by atoms with E-state index in [0.717, 1.165) is 33.8 Å². The summed E-state index contributed by atoms with van der Waals surface area (Å²) in [6, 6.07) is 96.6. The zero-order valence-electron chi connectivity index (χ0n) is 36.7. The maximum atomic E-state index is 2.60. The van der Waals surface area contributed by atoms with Gasteiger partial charge in [-0.15, -0.1) is 11.3 Å². The van der Waals surface area contributed by atoms with Crippen molar-refractivity contribution < 1.29 is 0 Å². The second-order valence-corrected chi connectivity index (χ2v) is 18.5. The molecule has 13 rings (SSSR count). The summed E-state index contributed by atoms with van der Waals surface area (Å²) in [7, 11) is 0. The number of rotatable bonds is 8.